The summed E-state index contributed by atoms with van der Waals surface area (Å²) in [6.45, 7) is 0.476. The zero-order valence-electron chi connectivity index (χ0n) is 11.0. The van der Waals surface area contributed by atoms with Gasteiger partial charge in [-0.1, -0.05) is 0 Å². The molecule has 6 nitrogen and oxygen atoms in total. The van der Waals surface area contributed by atoms with E-state index in [0.717, 1.165) is 0 Å². The number of nitrogens with zero attached hydrogens (tertiary/aromatic N) is 2. The van der Waals surface area contributed by atoms with Gasteiger partial charge >= 0.3 is 0 Å². The molecule has 108 valence electrons. The monoisotopic (exact) mass is 280 g/mol. The summed E-state index contributed by atoms with van der Waals surface area (Å²) in [5, 5.41) is 2.74. The molecule has 0 unspecified atom stereocenters. The minimum atomic E-state index is -0.989. The molecule has 0 saturated carbocycles. The van der Waals surface area contributed by atoms with Gasteiger partial charge in [0.2, 0.25) is 5.91 Å². The molecule has 3 N–H and O–H groups in total. The van der Waals surface area contributed by atoms with E-state index in [-0.39, 0.29) is 31.6 Å². The molecule has 7 heteroatoms. The van der Waals surface area contributed by atoms with E-state index in [1.807, 2.05) is 0 Å². The van der Waals surface area contributed by atoms with Gasteiger partial charge in [-0.25, -0.2) is 4.39 Å². The Hall–Kier alpha value is -2.02. The van der Waals surface area contributed by atoms with Crippen LogP contribution in [0.1, 0.15) is 16.8 Å². The molecule has 0 spiro atoms. The quantitative estimate of drug-likeness (QED) is 0.775. The van der Waals surface area contributed by atoms with Crippen LogP contribution in [-0.4, -0.2) is 53.5 Å². The highest BCUT2D eigenvalue weighted by Crippen LogP contribution is 2.19. The summed E-state index contributed by atoms with van der Waals surface area (Å²) in [6.07, 6.45) is 2.37. The van der Waals surface area contributed by atoms with Crippen LogP contribution >= 0.6 is 0 Å². The van der Waals surface area contributed by atoms with E-state index in [0.29, 0.717) is 12.0 Å². The summed E-state index contributed by atoms with van der Waals surface area (Å²) in [7, 11) is 0. The van der Waals surface area contributed by atoms with Crippen molar-refractivity contribution in [1.82, 2.24) is 15.2 Å². The van der Waals surface area contributed by atoms with Gasteiger partial charge in [0.25, 0.3) is 5.91 Å². The van der Waals surface area contributed by atoms with E-state index in [1.54, 1.807) is 17.0 Å². The van der Waals surface area contributed by atoms with Crippen LogP contribution in [0.5, 0.6) is 0 Å². The van der Waals surface area contributed by atoms with Crippen LogP contribution in [0.15, 0.2) is 24.5 Å². The molecule has 1 aromatic rings. The van der Waals surface area contributed by atoms with Crippen molar-refractivity contribution >= 4 is 11.8 Å². The maximum atomic E-state index is 13.4. The second-order valence-corrected chi connectivity index (χ2v) is 4.83. The summed E-state index contributed by atoms with van der Waals surface area (Å²) < 4.78 is 13.4. The smallest absolute Gasteiger partial charge is 0.251 e. The van der Waals surface area contributed by atoms with Crippen molar-refractivity contribution < 1.29 is 14.0 Å². The average Bonchev–Trinajstić information content (AvgIpc) is 2.76. The van der Waals surface area contributed by atoms with Crippen molar-refractivity contribution in [3.63, 3.8) is 0 Å². The Kier molecular flexibility index (Phi) is 4.62. The van der Waals surface area contributed by atoms with Crippen molar-refractivity contribution in [3.8, 4) is 0 Å². The molecule has 0 bridgehead atoms. The highest BCUT2D eigenvalue weighted by molar-refractivity contribution is 5.93. The molecule has 2 rings (SSSR count). The minimum Gasteiger partial charge on any atom is -0.369 e. The van der Waals surface area contributed by atoms with Gasteiger partial charge in [0.05, 0.1) is 6.54 Å². The molecule has 1 saturated heterocycles. The summed E-state index contributed by atoms with van der Waals surface area (Å²) >= 11 is 0. The van der Waals surface area contributed by atoms with Gasteiger partial charge in [0, 0.05) is 37.1 Å². The Balaban J connectivity index is 1.89. The van der Waals surface area contributed by atoms with Crippen LogP contribution in [0.2, 0.25) is 0 Å². The van der Waals surface area contributed by atoms with Crippen LogP contribution in [0, 0.1) is 0 Å². The van der Waals surface area contributed by atoms with Crippen LogP contribution in [0.25, 0.3) is 0 Å². The standard InChI is InChI=1S/C13H17FN4O2/c14-10-5-11(18(7-10)8-12(15)19)6-17-13(20)9-1-3-16-4-2-9/h1-4,10-11H,5-8H2,(H2,15,19)(H,17,20)/t10-,11-/m0/s1. The fourth-order valence-electron chi connectivity index (χ4n) is 2.34. The summed E-state index contributed by atoms with van der Waals surface area (Å²) in [4.78, 5) is 28.3. The highest BCUT2D eigenvalue weighted by Gasteiger charge is 2.32. The number of primary amides is 1. The number of nitrogens with two attached hydrogens (primary N) is 1. The molecule has 2 amide bonds. The van der Waals surface area contributed by atoms with E-state index < -0.39 is 12.1 Å². The normalized spacial score (nSPS) is 22.6. The Labute approximate surface area is 116 Å². The number of carbonyl (C=O) groups excluding carboxylic acids is 2. The summed E-state index contributed by atoms with van der Waals surface area (Å²) in [6, 6.07) is 3.00. The number of amides is 2. The molecular formula is C13H17FN4O2. The topological polar surface area (TPSA) is 88.3 Å². The summed E-state index contributed by atoms with van der Waals surface area (Å²) in [5.41, 5.74) is 5.63. The van der Waals surface area contributed by atoms with Gasteiger partial charge < -0.3 is 11.1 Å². The number of likely N-dealkylation sites (tertiary alicyclic amines) is 1. The van der Waals surface area contributed by atoms with Crippen molar-refractivity contribution in [2.45, 2.75) is 18.6 Å². The largest absolute Gasteiger partial charge is 0.369 e. The number of halogens is 1. The number of hydrogen-bond donors (Lipinski definition) is 2. The molecule has 1 aliphatic heterocycles. The SMILES string of the molecule is NC(=O)CN1C[C@@H](F)C[C@H]1CNC(=O)c1ccncc1. The molecule has 1 fully saturated rings. The number of alkyl halides is 1. The number of pyridine rings is 1. The first-order valence-corrected chi connectivity index (χ1v) is 6.41. The van der Waals surface area contributed by atoms with E-state index >= 15 is 0 Å². The molecule has 0 aliphatic carbocycles. The molecule has 0 radical (unpaired) electrons. The lowest BCUT2D eigenvalue weighted by Gasteiger charge is -2.22. The number of carbonyl (C=O) groups is 2. The van der Waals surface area contributed by atoms with Crippen LogP contribution in [0.4, 0.5) is 4.39 Å². The van der Waals surface area contributed by atoms with E-state index in [2.05, 4.69) is 10.3 Å². The van der Waals surface area contributed by atoms with Crippen LogP contribution in [-0.2, 0) is 4.79 Å². The number of rotatable bonds is 5. The predicted molar refractivity (Wildman–Crippen MR) is 70.6 cm³/mol. The number of hydrogen-bond acceptors (Lipinski definition) is 4. The first-order chi connectivity index (χ1) is 9.56. The maximum absolute atomic E-state index is 13.4. The van der Waals surface area contributed by atoms with Gasteiger partial charge in [-0.3, -0.25) is 19.5 Å². The van der Waals surface area contributed by atoms with E-state index in [9.17, 15) is 14.0 Å². The van der Waals surface area contributed by atoms with Crippen LogP contribution in [0.3, 0.4) is 0 Å². The molecular weight excluding hydrogens is 263 g/mol. The molecule has 2 atom stereocenters. The Bertz CT molecular complexity index is 483. The van der Waals surface area contributed by atoms with Crippen molar-refractivity contribution in [1.29, 1.82) is 0 Å². The Morgan fingerprint density at radius 1 is 1.45 bits per heavy atom. The third-order valence-electron chi connectivity index (χ3n) is 3.28. The van der Waals surface area contributed by atoms with Crippen molar-refractivity contribution in [2.75, 3.05) is 19.6 Å². The second-order valence-electron chi connectivity index (χ2n) is 4.83. The van der Waals surface area contributed by atoms with Gasteiger partial charge in [-0.15, -0.1) is 0 Å². The van der Waals surface area contributed by atoms with E-state index in [4.69, 9.17) is 5.73 Å². The first kappa shape index (κ1) is 14.4. The lowest BCUT2D eigenvalue weighted by Crippen LogP contribution is -2.43. The van der Waals surface area contributed by atoms with Crippen molar-refractivity contribution in [3.05, 3.63) is 30.1 Å². The van der Waals surface area contributed by atoms with E-state index in [1.165, 1.54) is 12.4 Å². The second kappa shape index (κ2) is 6.42. The molecule has 0 aromatic carbocycles. The molecule has 2 heterocycles. The van der Waals surface area contributed by atoms with Gasteiger partial charge in [-0.05, 0) is 18.6 Å². The summed E-state index contributed by atoms with van der Waals surface area (Å²) in [5.74, 6) is -0.738. The van der Waals surface area contributed by atoms with Gasteiger partial charge in [0.15, 0.2) is 0 Å². The van der Waals surface area contributed by atoms with Gasteiger partial charge in [-0.2, -0.15) is 0 Å². The minimum absolute atomic E-state index is 0.0101. The first-order valence-electron chi connectivity index (χ1n) is 6.41. The maximum Gasteiger partial charge on any atom is 0.251 e. The Morgan fingerprint density at radius 3 is 2.80 bits per heavy atom. The lowest BCUT2D eigenvalue weighted by molar-refractivity contribution is -0.119. The number of aromatic nitrogens is 1. The van der Waals surface area contributed by atoms with Crippen LogP contribution < -0.4 is 11.1 Å². The van der Waals surface area contributed by atoms with Crippen molar-refractivity contribution in [2.24, 2.45) is 5.73 Å². The predicted octanol–water partition coefficient (Wildman–Crippen LogP) is -0.291. The Morgan fingerprint density at radius 2 is 2.15 bits per heavy atom. The van der Waals surface area contributed by atoms with Gasteiger partial charge in [0.1, 0.15) is 6.17 Å². The lowest BCUT2D eigenvalue weighted by atomic mass is 10.2. The molecule has 1 aliphatic rings. The fourth-order valence-corrected chi connectivity index (χ4v) is 2.34. The number of nitrogens with one attached hydrogen (secondary N) is 1. The zero-order valence-corrected chi connectivity index (χ0v) is 11.0. The third kappa shape index (κ3) is 3.74. The average molecular weight is 280 g/mol. The molecule has 1 aromatic heterocycles. The zero-order chi connectivity index (χ0) is 14.5. The highest BCUT2D eigenvalue weighted by atomic mass is 19.1. The third-order valence-corrected chi connectivity index (χ3v) is 3.28. The fraction of sp³-hybridized carbons (Fsp3) is 0.462. The molecule has 20 heavy (non-hydrogen) atoms.